The van der Waals surface area contributed by atoms with E-state index in [1.165, 1.54) is 17.5 Å². The van der Waals surface area contributed by atoms with Crippen molar-refractivity contribution in [3.63, 3.8) is 0 Å². The fourth-order valence-corrected chi connectivity index (χ4v) is 2.68. The maximum atomic E-state index is 6.01. The van der Waals surface area contributed by atoms with Crippen LogP contribution in [0.2, 0.25) is 0 Å². The lowest BCUT2D eigenvalue weighted by molar-refractivity contribution is 0.292. The Morgan fingerprint density at radius 2 is 2.05 bits per heavy atom. The summed E-state index contributed by atoms with van der Waals surface area (Å²) in [6.07, 6.45) is 2.34. The van der Waals surface area contributed by atoms with Gasteiger partial charge in [0.1, 0.15) is 5.75 Å². The van der Waals surface area contributed by atoms with Gasteiger partial charge in [-0.25, -0.2) is 0 Å². The van der Waals surface area contributed by atoms with Crippen molar-refractivity contribution in [2.24, 2.45) is 5.92 Å². The first kappa shape index (κ1) is 16.5. The zero-order valence-electron chi connectivity index (χ0n) is 12.6. The van der Waals surface area contributed by atoms with Crippen LogP contribution in [0, 0.1) is 12.8 Å². The highest BCUT2D eigenvalue weighted by Gasteiger charge is 2.09. The van der Waals surface area contributed by atoms with Gasteiger partial charge in [-0.15, -0.1) is 0 Å². The highest BCUT2D eigenvalue weighted by molar-refractivity contribution is 9.10. The zero-order chi connectivity index (χ0) is 14.3. The molecule has 1 rings (SSSR count). The number of ether oxygens (including phenoxy) is 1. The smallest absolute Gasteiger partial charge is 0.126 e. The summed E-state index contributed by atoms with van der Waals surface area (Å²) in [5.74, 6) is 1.80. The second-order valence-electron chi connectivity index (χ2n) is 5.38. The van der Waals surface area contributed by atoms with Crippen molar-refractivity contribution < 1.29 is 4.74 Å². The van der Waals surface area contributed by atoms with Crippen molar-refractivity contribution in [1.29, 1.82) is 0 Å². The van der Waals surface area contributed by atoms with Crippen LogP contribution in [0.1, 0.15) is 44.7 Å². The van der Waals surface area contributed by atoms with Crippen molar-refractivity contribution in [1.82, 2.24) is 5.32 Å². The number of rotatable bonds is 8. The van der Waals surface area contributed by atoms with E-state index in [1.807, 2.05) is 0 Å². The van der Waals surface area contributed by atoms with Crippen molar-refractivity contribution in [2.75, 3.05) is 13.2 Å². The first-order chi connectivity index (χ1) is 9.04. The van der Waals surface area contributed by atoms with E-state index < -0.39 is 0 Å². The second kappa shape index (κ2) is 8.60. The van der Waals surface area contributed by atoms with Crippen LogP contribution in [0.5, 0.6) is 5.75 Å². The standard InChI is InChI=1S/C16H26BrNO/c1-5-18-11-14-10-15(17)9-13(4)16(14)19-8-6-7-12(2)3/h9-10,12,18H,5-8,11H2,1-4H3. The number of hydrogen-bond acceptors (Lipinski definition) is 2. The molecule has 0 aliphatic carbocycles. The lowest BCUT2D eigenvalue weighted by atomic mass is 10.1. The Kier molecular flexibility index (Phi) is 7.47. The molecule has 2 nitrogen and oxygen atoms in total. The molecule has 0 atom stereocenters. The monoisotopic (exact) mass is 327 g/mol. The first-order valence-electron chi connectivity index (χ1n) is 7.17. The van der Waals surface area contributed by atoms with Crippen LogP contribution >= 0.6 is 15.9 Å². The number of nitrogens with one attached hydrogen (secondary N) is 1. The van der Waals surface area contributed by atoms with Gasteiger partial charge in [-0.1, -0.05) is 36.7 Å². The van der Waals surface area contributed by atoms with Gasteiger partial charge in [0.15, 0.2) is 0 Å². The summed E-state index contributed by atoms with van der Waals surface area (Å²) in [5, 5.41) is 3.37. The SMILES string of the molecule is CCNCc1cc(Br)cc(C)c1OCCCC(C)C. The van der Waals surface area contributed by atoms with Crippen LogP contribution in [-0.4, -0.2) is 13.2 Å². The molecule has 1 aromatic rings. The maximum absolute atomic E-state index is 6.01. The third-order valence-electron chi connectivity index (χ3n) is 3.05. The maximum Gasteiger partial charge on any atom is 0.126 e. The van der Waals surface area contributed by atoms with E-state index in [-0.39, 0.29) is 0 Å². The van der Waals surface area contributed by atoms with Crippen LogP contribution in [0.4, 0.5) is 0 Å². The molecule has 0 heterocycles. The van der Waals surface area contributed by atoms with Gasteiger partial charge in [0.25, 0.3) is 0 Å². The highest BCUT2D eigenvalue weighted by atomic mass is 79.9. The van der Waals surface area contributed by atoms with Crippen LogP contribution in [0.3, 0.4) is 0 Å². The van der Waals surface area contributed by atoms with E-state index >= 15 is 0 Å². The molecule has 0 radical (unpaired) electrons. The fraction of sp³-hybridized carbons (Fsp3) is 0.625. The van der Waals surface area contributed by atoms with Crippen molar-refractivity contribution >= 4 is 15.9 Å². The lowest BCUT2D eigenvalue weighted by Gasteiger charge is -2.15. The van der Waals surface area contributed by atoms with Crippen molar-refractivity contribution in [3.8, 4) is 5.75 Å². The van der Waals surface area contributed by atoms with Gasteiger partial charge >= 0.3 is 0 Å². The number of halogens is 1. The molecule has 0 aliphatic rings. The average Bonchev–Trinajstić information content (AvgIpc) is 2.33. The van der Waals surface area contributed by atoms with Gasteiger partial charge in [-0.05, 0) is 49.9 Å². The number of hydrogen-bond donors (Lipinski definition) is 1. The van der Waals surface area contributed by atoms with Crippen molar-refractivity contribution in [2.45, 2.75) is 47.1 Å². The van der Waals surface area contributed by atoms with E-state index in [2.05, 4.69) is 61.1 Å². The van der Waals surface area contributed by atoms with E-state index in [9.17, 15) is 0 Å². The Morgan fingerprint density at radius 3 is 2.68 bits per heavy atom. The minimum absolute atomic E-state index is 0.746. The summed E-state index contributed by atoms with van der Waals surface area (Å²) in [7, 11) is 0. The van der Waals surface area contributed by atoms with Crippen LogP contribution in [0.15, 0.2) is 16.6 Å². The second-order valence-corrected chi connectivity index (χ2v) is 6.29. The predicted molar refractivity (Wildman–Crippen MR) is 85.8 cm³/mol. The molecule has 1 N–H and O–H groups in total. The molecular weight excluding hydrogens is 302 g/mol. The van der Waals surface area contributed by atoms with Gasteiger partial charge in [-0.3, -0.25) is 0 Å². The third kappa shape index (κ3) is 5.96. The molecular formula is C16H26BrNO. The molecule has 0 fully saturated rings. The summed E-state index contributed by atoms with van der Waals surface area (Å²) in [5.41, 5.74) is 2.44. The van der Waals surface area contributed by atoms with E-state index in [1.54, 1.807) is 0 Å². The van der Waals surface area contributed by atoms with Gasteiger partial charge in [0.2, 0.25) is 0 Å². The average molecular weight is 328 g/mol. The van der Waals surface area contributed by atoms with Gasteiger partial charge < -0.3 is 10.1 Å². The molecule has 3 heteroatoms. The van der Waals surface area contributed by atoms with Crippen LogP contribution in [0.25, 0.3) is 0 Å². The number of aryl methyl sites for hydroxylation is 1. The molecule has 0 aromatic heterocycles. The number of benzene rings is 1. The molecule has 1 aromatic carbocycles. The normalized spacial score (nSPS) is 11.1. The van der Waals surface area contributed by atoms with Crippen LogP contribution in [-0.2, 0) is 6.54 Å². The summed E-state index contributed by atoms with van der Waals surface area (Å²) in [4.78, 5) is 0. The molecule has 0 bridgehead atoms. The largest absolute Gasteiger partial charge is 0.493 e. The lowest BCUT2D eigenvalue weighted by Crippen LogP contribution is -2.14. The van der Waals surface area contributed by atoms with E-state index in [0.717, 1.165) is 42.3 Å². The molecule has 0 saturated carbocycles. The minimum Gasteiger partial charge on any atom is -0.493 e. The van der Waals surface area contributed by atoms with Gasteiger partial charge in [0, 0.05) is 16.6 Å². The molecule has 108 valence electrons. The molecule has 0 amide bonds. The Labute approximate surface area is 126 Å². The predicted octanol–water partition coefficient (Wildman–Crippen LogP) is 4.68. The van der Waals surface area contributed by atoms with Crippen molar-refractivity contribution in [3.05, 3.63) is 27.7 Å². The summed E-state index contributed by atoms with van der Waals surface area (Å²) in [6.45, 7) is 11.4. The zero-order valence-corrected chi connectivity index (χ0v) is 14.1. The quantitative estimate of drug-likeness (QED) is 0.700. The Bertz CT molecular complexity index is 391. The Hall–Kier alpha value is -0.540. The molecule has 0 saturated heterocycles. The Balaban J connectivity index is 2.68. The summed E-state index contributed by atoms with van der Waals surface area (Å²) < 4.78 is 7.13. The molecule has 0 aliphatic heterocycles. The van der Waals surface area contributed by atoms with Gasteiger partial charge in [-0.2, -0.15) is 0 Å². The summed E-state index contributed by atoms with van der Waals surface area (Å²) in [6, 6.07) is 4.26. The molecule has 0 spiro atoms. The van der Waals surface area contributed by atoms with Crippen LogP contribution < -0.4 is 10.1 Å². The van der Waals surface area contributed by atoms with Gasteiger partial charge in [0.05, 0.1) is 6.61 Å². The topological polar surface area (TPSA) is 21.3 Å². The summed E-state index contributed by atoms with van der Waals surface area (Å²) >= 11 is 3.56. The third-order valence-corrected chi connectivity index (χ3v) is 3.51. The highest BCUT2D eigenvalue weighted by Crippen LogP contribution is 2.28. The Morgan fingerprint density at radius 1 is 1.32 bits per heavy atom. The minimum atomic E-state index is 0.746. The first-order valence-corrected chi connectivity index (χ1v) is 7.96. The fourth-order valence-electron chi connectivity index (χ4n) is 2.06. The van der Waals surface area contributed by atoms with E-state index in [0.29, 0.717) is 0 Å². The molecule has 0 unspecified atom stereocenters. The van der Waals surface area contributed by atoms with E-state index in [4.69, 9.17) is 4.74 Å². The molecule has 19 heavy (non-hydrogen) atoms.